The van der Waals surface area contributed by atoms with E-state index in [1.807, 2.05) is 0 Å². The third-order valence-electron chi connectivity index (χ3n) is 7.63. The molecule has 1 fully saturated rings. The summed E-state index contributed by atoms with van der Waals surface area (Å²) < 4.78 is 15.8. The van der Waals surface area contributed by atoms with Gasteiger partial charge in [0.15, 0.2) is 0 Å². The number of nitrogens with one attached hydrogen (secondary N) is 3. The Balaban J connectivity index is 1.34. The molecule has 0 unspecified atom stereocenters. The van der Waals surface area contributed by atoms with E-state index in [0.29, 0.717) is 51.1 Å². The number of phosphoric acid groups is 1. The van der Waals surface area contributed by atoms with Crippen molar-refractivity contribution in [2.45, 2.75) is 38.5 Å². The Labute approximate surface area is 271 Å². The highest BCUT2D eigenvalue weighted by Gasteiger charge is 2.20. The van der Waals surface area contributed by atoms with Crippen molar-refractivity contribution in [3.8, 4) is 5.75 Å². The number of anilines is 3. The maximum absolute atomic E-state index is 13.4. The molecule has 0 bridgehead atoms. The van der Waals surface area contributed by atoms with Crippen LogP contribution in [0.2, 0.25) is 5.02 Å². The maximum Gasteiger partial charge on any atom is 0.524 e. The Hall–Kier alpha value is -4.47. The molecule has 0 heterocycles. The van der Waals surface area contributed by atoms with E-state index < -0.39 is 19.6 Å². The average molecular weight is 662 g/mol. The Morgan fingerprint density at radius 2 is 1.30 bits per heavy atom. The number of carbonyl (C=O) groups excluding carboxylic acids is 3. The lowest BCUT2D eigenvalue weighted by molar-refractivity contribution is 0.101. The zero-order valence-corrected chi connectivity index (χ0v) is 26.4. The number of phosphoric ester groups is 1. The molecule has 4 aromatic carbocycles. The van der Waals surface area contributed by atoms with Gasteiger partial charge < -0.3 is 20.5 Å². The number of carbonyl (C=O) groups is 3. The first kappa shape index (κ1) is 32.9. The quantitative estimate of drug-likeness (QED) is 0.109. The minimum absolute atomic E-state index is 0.0896. The van der Waals surface area contributed by atoms with Crippen LogP contribution in [0.3, 0.4) is 0 Å². The van der Waals surface area contributed by atoms with Crippen LogP contribution in [0.1, 0.15) is 68.7 Å². The molecule has 0 spiro atoms. The molecule has 1 aliphatic rings. The van der Waals surface area contributed by atoms with Gasteiger partial charge in [-0.25, -0.2) is 4.57 Å². The summed E-state index contributed by atoms with van der Waals surface area (Å²) in [5, 5.41) is 8.98. The van der Waals surface area contributed by atoms with Crippen LogP contribution < -0.4 is 20.5 Å². The van der Waals surface area contributed by atoms with Crippen LogP contribution in [0.4, 0.5) is 17.1 Å². The van der Waals surface area contributed by atoms with E-state index in [1.54, 1.807) is 66.7 Å². The zero-order chi connectivity index (χ0) is 32.7. The first-order chi connectivity index (χ1) is 22.0. The van der Waals surface area contributed by atoms with Gasteiger partial charge in [-0.15, -0.1) is 0 Å². The zero-order valence-electron chi connectivity index (χ0n) is 24.7. The van der Waals surface area contributed by atoms with E-state index in [0.717, 1.165) is 31.2 Å². The van der Waals surface area contributed by atoms with Crippen molar-refractivity contribution >= 4 is 54.2 Å². The third kappa shape index (κ3) is 9.28. The first-order valence-electron chi connectivity index (χ1n) is 14.8. The molecule has 46 heavy (non-hydrogen) atoms. The lowest BCUT2D eigenvalue weighted by Crippen LogP contribution is -2.18. The summed E-state index contributed by atoms with van der Waals surface area (Å²) in [5.74, 6) is -0.907. The van der Waals surface area contributed by atoms with Crippen LogP contribution in [-0.4, -0.2) is 27.5 Å². The fourth-order valence-corrected chi connectivity index (χ4v) is 6.04. The van der Waals surface area contributed by atoms with E-state index in [2.05, 4.69) is 20.5 Å². The molecule has 10 nitrogen and oxygen atoms in total. The summed E-state index contributed by atoms with van der Waals surface area (Å²) in [5.41, 5.74) is 3.15. The van der Waals surface area contributed by atoms with Gasteiger partial charge in [-0.1, -0.05) is 61.9 Å². The summed E-state index contributed by atoms with van der Waals surface area (Å²) >= 11 is 6.03. The molecular weight excluding hydrogens is 629 g/mol. The van der Waals surface area contributed by atoms with Gasteiger partial charge >= 0.3 is 7.82 Å². The lowest BCUT2D eigenvalue weighted by Gasteiger charge is -2.23. The molecule has 1 aliphatic carbocycles. The van der Waals surface area contributed by atoms with Crippen molar-refractivity contribution in [3.05, 3.63) is 118 Å². The first-order valence-corrected chi connectivity index (χ1v) is 16.7. The molecule has 0 radical (unpaired) electrons. The normalized spacial score (nSPS) is 13.5. The molecule has 0 aromatic heterocycles. The van der Waals surface area contributed by atoms with Crippen LogP contribution in [0.5, 0.6) is 5.75 Å². The van der Waals surface area contributed by atoms with E-state index in [9.17, 15) is 18.9 Å². The van der Waals surface area contributed by atoms with Crippen LogP contribution in [0, 0.1) is 5.92 Å². The van der Waals surface area contributed by atoms with Crippen molar-refractivity contribution in [2.75, 3.05) is 16.0 Å². The fourth-order valence-electron chi connectivity index (χ4n) is 5.46. The van der Waals surface area contributed by atoms with E-state index in [1.165, 1.54) is 30.7 Å². The molecule has 3 amide bonds. The van der Waals surface area contributed by atoms with Crippen LogP contribution in [0.15, 0.2) is 91.0 Å². The number of hydrogen-bond donors (Lipinski definition) is 5. The number of amides is 3. The topological polar surface area (TPSA) is 154 Å². The van der Waals surface area contributed by atoms with Crippen LogP contribution in [0.25, 0.3) is 0 Å². The number of halogens is 1. The highest BCUT2D eigenvalue weighted by atomic mass is 35.5. The highest BCUT2D eigenvalue weighted by molar-refractivity contribution is 7.46. The Morgan fingerprint density at radius 1 is 0.717 bits per heavy atom. The van der Waals surface area contributed by atoms with Crippen molar-refractivity contribution in [3.63, 3.8) is 0 Å². The largest absolute Gasteiger partial charge is 0.524 e. The van der Waals surface area contributed by atoms with Gasteiger partial charge in [0.2, 0.25) is 0 Å². The van der Waals surface area contributed by atoms with Gasteiger partial charge in [0.05, 0.1) is 0 Å². The Morgan fingerprint density at radius 3 is 1.96 bits per heavy atom. The SMILES string of the molecule is O=C(Nc1cccc(Cl)c1)c1cccc(C(=O)Nc2ccc(C(=O)Nc3cccc(OP(=O)(O)O)c3)cc2CC2CCCCC2)c1. The molecule has 238 valence electrons. The van der Waals surface area contributed by atoms with Crippen LogP contribution >= 0.6 is 19.4 Å². The van der Waals surface area contributed by atoms with Gasteiger partial charge in [0, 0.05) is 44.8 Å². The molecule has 12 heteroatoms. The molecule has 0 atom stereocenters. The van der Waals surface area contributed by atoms with Crippen LogP contribution in [-0.2, 0) is 11.0 Å². The highest BCUT2D eigenvalue weighted by Crippen LogP contribution is 2.38. The second-order valence-corrected chi connectivity index (χ2v) is 12.7. The third-order valence-corrected chi connectivity index (χ3v) is 8.32. The molecule has 5 rings (SSSR count). The molecule has 4 aromatic rings. The predicted molar refractivity (Wildman–Crippen MR) is 178 cm³/mol. The monoisotopic (exact) mass is 661 g/mol. The predicted octanol–water partition coefficient (Wildman–Crippen LogP) is 7.69. The summed E-state index contributed by atoms with van der Waals surface area (Å²) in [6.45, 7) is 0. The van der Waals surface area contributed by atoms with Gasteiger partial charge in [-0.2, -0.15) is 0 Å². The molecule has 5 N–H and O–H groups in total. The molecule has 0 aliphatic heterocycles. The molecule has 0 saturated heterocycles. The van der Waals surface area contributed by atoms with E-state index in [-0.39, 0.29) is 11.7 Å². The van der Waals surface area contributed by atoms with Crippen molar-refractivity contribution in [1.29, 1.82) is 0 Å². The number of benzene rings is 4. The van der Waals surface area contributed by atoms with Gasteiger partial charge in [-0.05, 0) is 84.6 Å². The minimum Gasteiger partial charge on any atom is -0.404 e. The second-order valence-electron chi connectivity index (χ2n) is 11.1. The van der Waals surface area contributed by atoms with Gasteiger partial charge in [0.1, 0.15) is 5.75 Å². The maximum atomic E-state index is 13.4. The number of rotatable bonds is 10. The van der Waals surface area contributed by atoms with E-state index >= 15 is 0 Å². The smallest absolute Gasteiger partial charge is 0.404 e. The Bertz CT molecular complexity index is 1800. The van der Waals surface area contributed by atoms with Crippen molar-refractivity contribution in [2.24, 2.45) is 5.92 Å². The average Bonchev–Trinajstić information content (AvgIpc) is 3.02. The standard InChI is InChI=1S/C34H33ClN3O7P/c35-27-11-5-12-28(20-27)36-32(39)23-9-4-10-24(18-23)34(41)38-31-16-15-25(19-26(31)17-22-7-2-1-3-8-22)33(40)37-29-13-6-14-30(21-29)45-46(42,43)44/h4-6,9-16,18-22H,1-3,7-8,17H2,(H,36,39)(H,37,40)(H,38,41)(H2,42,43,44). The van der Waals surface area contributed by atoms with Crippen molar-refractivity contribution < 1.29 is 33.3 Å². The molecule has 1 saturated carbocycles. The minimum atomic E-state index is -4.76. The lowest BCUT2D eigenvalue weighted by atomic mass is 9.84. The van der Waals surface area contributed by atoms with Crippen molar-refractivity contribution in [1.82, 2.24) is 0 Å². The van der Waals surface area contributed by atoms with Gasteiger partial charge in [-0.3, -0.25) is 24.2 Å². The Kier molecular flexibility index (Phi) is 10.6. The van der Waals surface area contributed by atoms with E-state index in [4.69, 9.17) is 21.4 Å². The van der Waals surface area contributed by atoms with Gasteiger partial charge in [0.25, 0.3) is 17.7 Å². The summed E-state index contributed by atoms with van der Waals surface area (Å²) in [6, 6.07) is 24.0. The summed E-state index contributed by atoms with van der Waals surface area (Å²) in [6.07, 6.45) is 6.23. The summed E-state index contributed by atoms with van der Waals surface area (Å²) in [4.78, 5) is 57.7. The fraction of sp³-hybridized carbons (Fsp3) is 0.206. The molecular formula is C34H33ClN3O7P. The number of hydrogen-bond acceptors (Lipinski definition) is 5. The second kappa shape index (κ2) is 14.7. The summed E-state index contributed by atoms with van der Waals surface area (Å²) in [7, 11) is -4.76.